The number of benzene rings is 1. The molecular formula is C10H12IN. The van der Waals surface area contributed by atoms with E-state index in [1.165, 1.54) is 24.1 Å². The van der Waals surface area contributed by atoms with Crippen LogP contribution in [-0.2, 0) is 6.42 Å². The second kappa shape index (κ2) is 3.24. The fourth-order valence-electron chi connectivity index (χ4n) is 1.69. The minimum Gasteiger partial charge on any atom is -0.362 e. The molecule has 0 bridgehead atoms. The van der Waals surface area contributed by atoms with Gasteiger partial charge in [0.1, 0.15) is 0 Å². The Balaban J connectivity index is 2.42. The summed E-state index contributed by atoms with van der Waals surface area (Å²) in [7, 11) is 2.18. The SMILES string of the molecule is CN1c2ccccc2CCC1I. The third kappa shape index (κ3) is 1.32. The molecule has 12 heavy (non-hydrogen) atoms. The molecule has 0 amide bonds. The molecule has 1 aromatic rings. The number of hydrogen-bond donors (Lipinski definition) is 0. The minimum atomic E-state index is 0.664. The molecule has 1 aliphatic heterocycles. The quantitative estimate of drug-likeness (QED) is 0.399. The summed E-state index contributed by atoms with van der Waals surface area (Å²) >= 11 is 2.51. The highest BCUT2D eigenvalue weighted by atomic mass is 127. The molecule has 0 aromatic heterocycles. The van der Waals surface area contributed by atoms with Gasteiger partial charge in [0.15, 0.2) is 0 Å². The van der Waals surface area contributed by atoms with Gasteiger partial charge in [-0.3, -0.25) is 0 Å². The Kier molecular flexibility index (Phi) is 2.26. The van der Waals surface area contributed by atoms with E-state index >= 15 is 0 Å². The van der Waals surface area contributed by atoms with Crippen molar-refractivity contribution in [3.05, 3.63) is 29.8 Å². The van der Waals surface area contributed by atoms with Crippen molar-refractivity contribution in [1.82, 2.24) is 0 Å². The number of nitrogens with zero attached hydrogens (tertiary/aromatic N) is 1. The molecule has 0 spiro atoms. The van der Waals surface area contributed by atoms with Crippen LogP contribution in [0.5, 0.6) is 0 Å². The van der Waals surface area contributed by atoms with Gasteiger partial charge in [0.25, 0.3) is 0 Å². The molecule has 0 N–H and O–H groups in total. The molecule has 2 rings (SSSR count). The topological polar surface area (TPSA) is 3.24 Å². The number of hydrogen-bond acceptors (Lipinski definition) is 1. The normalized spacial score (nSPS) is 22.2. The van der Waals surface area contributed by atoms with E-state index in [0.29, 0.717) is 4.05 Å². The average molecular weight is 273 g/mol. The summed E-state index contributed by atoms with van der Waals surface area (Å²) < 4.78 is 0.664. The first-order valence-corrected chi connectivity index (χ1v) is 5.48. The number of anilines is 1. The van der Waals surface area contributed by atoms with Crippen molar-refractivity contribution in [2.75, 3.05) is 11.9 Å². The zero-order chi connectivity index (χ0) is 8.55. The Bertz CT molecular complexity index is 285. The third-order valence-corrected chi connectivity index (χ3v) is 3.90. The van der Waals surface area contributed by atoms with E-state index in [1.807, 2.05) is 0 Å². The van der Waals surface area contributed by atoms with Gasteiger partial charge in [0.2, 0.25) is 0 Å². The van der Waals surface area contributed by atoms with Crippen molar-refractivity contribution in [2.24, 2.45) is 0 Å². The van der Waals surface area contributed by atoms with Crippen molar-refractivity contribution in [1.29, 1.82) is 0 Å². The summed E-state index contributed by atoms with van der Waals surface area (Å²) in [5.41, 5.74) is 2.90. The van der Waals surface area contributed by atoms with Gasteiger partial charge in [-0.2, -0.15) is 0 Å². The molecule has 0 radical (unpaired) electrons. The summed E-state index contributed by atoms with van der Waals surface area (Å²) in [6, 6.07) is 8.68. The monoisotopic (exact) mass is 273 g/mol. The summed E-state index contributed by atoms with van der Waals surface area (Å²) in [6.45, 7) is 0. The average Bonchev–Trinajstić information content (AvgIpc) is 2.12. The molecule has 1 nitrogen and oxygen atoms in total. The van der Waals surface area contributed by atoms with Gasteiger partial charge < -0.3 is 4.90 Å². The lowest BCUT2D eigenvalue weighted by molar-refractivity contribution is 0.723. The highest BCUT2D eigenvalue weighted by molar-refractivity contribution is 14.1. The highest BCUT2D eigenvalue weighted by Gasteiger charge is 2.19. The highest BCUT2D eigenvalue weighted by Crippen LogP contribution is 2.31. The summed E-state index contributed by atoms with van der Waals surface area (Å²) in [5, 5.41) is 0. The molecule has 0 saturated carbocycles. The molecule has 0 saturated heterocycles. The second-order valence-electron chi connectivity index (χ2n) is 3.21. The predicted molar refractivity (Wildman–Crippen MR) is 61.0 cm³/mol. The van der Waals surface area contributed by atoms with Gasteiger partial charge in [-0.15, -0.1) is 0 Å². The molecule has 0 fully saturated rings. The Labute approximate surface area is 86.9 Å². The first-order chi connectivity index (χ1) is 5.79. The summed E-state index contributed by atoms with van der Waals surface area (Å²) in [6.07, 6.45) is 2.50. The lowest BCUT2D eigenvalue weighted by atomic mass is 10.0. The Morgan fingerprint density at radius 3 is 3.00 bits per heavy atom. The largest absolute Gasteiger partial charge is 0.362 e. The van der Waals surface area contributed by atoms with Crippen LogP contribution in [0.4, 0.5) is 5.69 Å². The van der Waals surface area contributed by atoms with E-state index in [4.69, 9.17) is 0 Å². The lowest BCUT2D eigenvalue weighted by Gasteiger charge is -2.32. The molecule has 1 atom stereocenters. The first kappa shape index (κ1) is 8.35. The van der Waals surface area contributed by atoms with E-state index in [1.54, 1.807) is 0 Å². The molecule has 64 valence electrons. The lowest BCUT2D eigenvalue weighted by Crippen LogP contribution is -2.31. The molecular weight excluding hydrogens is 261 g/mol. The Morgan fingerprint density at radius 1 is 1.42 bits per heavy atom. The van der Waals surface area contributed by atoms with Crippen LogP contribution in [0.1, 0.15) is 12.0 Å². The second-order valence-corrected chi connectivity index (χ2v) is 4.65. The summed E-state index contributed by atoms with van der Waals surface area (Å²) in [4.78, 5) is 2.36. The van der Waals surface area contributed by atoms with Crippen LogP contribution < -0.4 is 4.90 Å². The van der Waals surface area contributed by atoms with Crippen LogP contribution in [0.15, 0.2) is 24.3 Å². The number of rotatable bonds is 0. The maximum absolute atomic E-state index is 2.51. The van der Waals surface area contributed by atoms with E-state index in [2.05, 4.69) is 58.8 Å². The van der Waals surface area contributed by atoms with Gasteiger partial charge in [-0.1, -0.05) is 40.8 Å². The Hall–Kier alpha value is -0.250. The number of fused-ring (bicyclic) bond motifs is 1. The number of para-hydroxylation sites is 1. The van der Waals surface area contributed by atoms with Crippen molar-refractivity contribution in [2.45, 2.75) is 16.9 Å². The van der Waals surface area contributed by atoms with Gasteiger partial charge in [0, 0.05) is 12.7 Å². The van der Waals surface area contributed by atoms with Crippen molar-refractivity contribution >= 4 is 28.3 Å². The van der Waals surface area contributed by atoms with Crippen molar-refractivity contribution < 1.29 is 0 Å². The van der Waals surface area contributed by atoms with E-state index in [9.17, 15) is 0 Å². The van der Waals surface area contributed by atoms with Crippen LogP contribution in [0.2, 0.25) is 0 Å². The van der Waals surface area contributed by atoms with Gasteiger partial charge in [-0.05, 0) is 24.5 Å². The molecule has 2 heteroatoms. The standard InChI is InChI=1S/C10H12IN/c1-12-9-5-3-2-4-8(9)6-7-10(12)11/h2-5,10H,6-7H2,1H3. The van der Waals surface area contributed by atoms with Gasteiger partial charge in [-0.25, -0.2) is 0 Å². The molecule has 1 aromatic carbocycles. The zero-order valence-corrected chi connectivity index (χ0v) is 9.28. The predicted octanol–water partition coefficient (Wildman–Crippen LogP) is 2.83. The smallest absolute Gasteiger partial charge is 0.0809 e. The first-order valence-electron chi connectivity index (χ1n) is 4.24. The molecule has 1 aliphatic rings. The fourth-order valence-corrected chi connectivity index (χ4v) is 2.30. The van der Waals surface area contributed by atoms with Crippen molar-refractivity contribution in [3.63, 3.8) is 0 Å². The maximum atomic E-state index is 2.51. The van der Waals surface area contributed by atoms with Gasteiger partial charge in [0.05, 0.1) is 4.05 Å². The Morgan fingerprint density at radius 2 is 2.17 bits per heavy atom. The number of alkyl halides is 1. The van der Waals surface area contributed by atoms with Crippen LogP contribution >= 0.6 is 22.6 Å². The fraction of sp³-hybridized carbons (Fsp3) is 0.400. The number of halogens is 1. The third-order valence-electron chi connectivity index (χ3n) is 2.44. The van der Waals surface area contributed by atoms with Crippen molar-refractivity contribution in [3.8, 4) is 0 Å². The molecule has 0 aliphatic carbocycles. The molecule has 1 unspecified atom stereocenters. The van der Waals surface area contributed by atoms with Crippen LogP contribution in [0.3, 0.4) is 0 Å². The van der Waals surface area contributed by atoms with Crippen LogP contribution in [0, 0.1) is 0 Å². The van der Waals surface area contributed by atoms with Crippen LogP contribution in [-0.4, -0.2) is 11.1 Å². The number of aryl methyl sites for hydroxylation is 1. The van der Waals surface area contributed by atoms with Crippen LogP contribution in [0.25, 0.3) is 0 Å². The minimum absolute atomic E-state index is 0.664. The van der Waals surface area contributed by atoms with E-state index in [-0.39, 0.29) is 0 Å². The van der Waals surface area contributed by atoms with Gasteiger partial charge >= 0.3 is 0 Å². The summed E-state index contributed by atoms with van der Waals surface area (Å²) in [5.74, 6) is 0. The van der Waals surface area contributed by atoms with E-state index in [0.717, 1.165) is 0 Å². The molecule has 1 heterocycles. The van der Waals surface area contributed by atoms with E-state index < -0.39 is 0 Å². The maximum Gasteiger partial charge on any atom is 0.0809 e. The zero-order valence-electron chi connectivity index (χ0n) is 7.13.